The summed E-state index contributed by atoms with van der Waals surface area (Å²) in [7, 11) is -3.86. The Morgan fingerprint density at radius 1 is 1.06 bits per heavy atom. The average molecular weight is 499 g/mol. The summed E-state index contributed by atoms with van der Waals surface area (Å²) < 4.78 is 38.3. The molecular formula is C23H22N4O5S2. The number of ether oxygens (including phenoxy) is 1. The van der Waals surface area contributed by atoms with Crippen molar-refractivity contribution in [3.63, 3.8) is 0 Å². The van der Waals surface area contributed by atoms with Crippen LogP contribution in [0.5, 0.6) is 5.75 Å². The van der Waals surface area contributed by atoms with Crippen LogP contribution in [-0.4, -0.2) is 24.5 Å². The van der Waals surface area contributed by atoms with Gasteiger partial charge < -0.3 is 14.6 Å². The van der Waals surface area contributed by atoms with Crippen LogP contribution in [0, 0.1) is 20.8 Å². The number of carbonyl (C=O) groups is 1. The number of amides is 1. The molecule has 11 heteroatoms. The third kappa shape index (κ3) is 5.43. The Balaban J connectivity index is 1.36. The van der Waals surface area contributed by atoms with Gasteiger partial charge in [0.2, 0.25) is 5.88 Å². The SMILES string of the molecule is Cc1nc(COc2ccc(C(=O)Nc3ccc(S(=O)(=O)Nc4onc(C)c4C)cc3)cc2)cs1. The summed E-state index contributed by atoms with van der Waals surface area (Å²) in [6, 6.07) is 12.5. The number of hydrogen-bond acceptors (Lipinski definition) is 8. The van der Waals surface area contributed by atoms with Crippen molar-refractivity contribution in [2.24, 2.45) is 0 Å². The molecule has 4 rings (SSSR count). The number of anilines is 2. The minimum Gasteiger partial charge on any atom is -0.487 e. The van der Waals surface area contributed by atoms with Crippen LogP contribution in [0.1, 0.15) is 32.3 Å². The van der Waals surface area contributed by atoms with E-state index in [1.165, 1.54) is 24.3 Å². The zero-order valence-electron chi connectivity index (χ0n) is 18.7. The van der Waals surface area contributed by atoms with Crippen LogP contribution in [0.25, 0.3) is 0 Å². The van der Waals surface area contributed by atoms with Gasteiger partial charge in [-0.1, -0.05) is 5.16 Å². The van der Waals surface area contributed by atoms with Crippen molar-refractivity contribution in [2.75, 3.05) is 10.0 Å². The van der Waals surface area contributed by atoms with Gasteiger partial charge in [-0.2, -0.15) is 0 Å². The summed E-state index contributed by atoms with van der Waals surface area (Å²) in [6.45, 7) is 5.72. The fourth-order valence-electron chi connectivity index (χ4n) is 2.95. The fraction of sp³-hybridized carbons (Fsp3) is 0.174. The van der Waals surface area contributed by atoms with Crippen molar-refractivity contribution in [3.05, 3.63) is 81.4 Å². The molecule has 34 heavy (non-hydrogen) atoms. The molecule has 0 saturated carbocycles. The van der Waals surface area contributed by atoms with E-state index in [1.54, 1.807) is 49.4 Å². The van der Waals surface area contributed by atoms with Crippen molar-refractivity contribution in [1.29, 1.82) is 0 Å². The van der Waals surface area contributed by atoms with E-state index in [1.807, 2.05) is 12.3 Å². The Morgan fingerprint density at radius 3 is 2.35 bits per heavy atom. The quantitative estimate of drug-likeness (QED) is 0.361. The van der Waals surface area contributed by atoms with Crippen molar-refractivity contribution >= 4 is 38.8 Å². The maximum absolute atomic E-state index is 12.6. The number of aromatic nitrogens is 2. The predicted octanol–water partition coefficient (Wildman–Crippen LogP) is 4.69. The third-order valence-corrected chi connectivity index (χ3v) is 7.15. The molecule has 2 aromatic carbocycles. The molecule has 9 nitrogen and oxygen atoms in total. The van der Waals surface area contributed by atoms with E-state index in [0.717, 1.165) is 10.7 Å². The molecule has 2 heterocycles. The highest BCUT2D eigenvalue weighted by molar-refractivity contribution is 7.92. The highest BCUT2D eigenvalue weighted by Gasteiger charge is 2.19. The predicted molar refractivity (Wildman–Crippen MR) is 129 cm³/mol. The van der Waals surface area contributed by atoms with Gasteiger partial charge in [0.15, 0.2) is 0 Å². The molecule has 0 unspecified atom stereocenters. The molecule has 0 bridgehead atoms. The molecule has 0 radical (unpaired) electrons. The second kappa shape index (κ2) is 9.65. The summed E-state index contributed by atoms with van der Waals surface area (Å²) in [5.74, 6) is 0.369. The van der Waals surface area contributed by atoms with Crippen LogP contribution in [0.2, 0.25) is 0 Å². The number of sulfonamides is 1. The highest BCUT2D eigenvalue weighted by Crippen LogP contribution is 2.23. The van der Waals surface area contributed by atoms with Crippen molar-refractivity contribution in [2.45, 2.75) is 32.3 Å². The van der Waals surface area contributed by atoms with Gasteiger partial charge in [0.05, 0.1) is 21.3 Å². The van der Waals surface area contributed by atoms with Crippen LogP contribution in [0.3, 0.4) is 0 Å². The molecule has 4 aromatic rings. The molecule has 0 aliphatic carbocycles. The maximum atomic E-state index is 12.6. The molecule has 0 aliphatic heterocycles. The summed E-state index contributed by atoms with van der Waals surface area (Å²) in [5.41, 5.74) is 2.96. The fourth-order valence-corrected chi connectivity index (χ4v) is 4.59. The first-order chi connectivity index (χ1) is 16.2. The lowest BCUT2D eigenvalue weighted by atomic mass is 10.2. The summed E-state index contributed by atoms with van der Waals surface area (Å²) in [6.07, 6.45) is 0. The van der Waals surface area contributed by atoms with E-state index in [9.17, 15) is 13.2 Å². The molecule has 0 fully saturated rings. The van der Waals surface area contributed by atoms with E-state index in [-0.39, 0.29) is 16.7 Å². The van der Waals surface area contributed by atoms with E-state index < -0.39 is 10.0 Å². The Kier molecular flexibility index (Phi) is 6.66. The zero-order chi connectivity index (χ0) is 24.3. The van der Waals surface area contributed by atoms with E-state index >= 15 is 0 Å². The second-order valence-corrected chi connectivity index (χ2v) is 10.2. The topological polar surface area (TPSA) is 123 Å². The van der Waals surface area contributed by atoms with Gasteiger partial charge >= 0.3 is 0 Å². The minimum absolute atomic E-state index is 0.0239. The summed E-state index contributed by atoms with van der Waals surface area (Å²) in [4.78, 5) is 16.9. The molecule has 0 saturated heterocycles. The Hall–Kier alpha value is -3.70. The largest absolute Gasteiger partial charge is 0.487 e. The van der Waals surface area contributed by atoms with Crippen molar-refractivity contribution in [1.82, 2.24) is 10.1 Å². The monoisotopic (exact) mass is 498 g/mol. The van der Waals surface area contributed by atoms with Crippen LogP contribution < -0.4 is 14.8 Å². The number of nitrogens with one attached hydrogen (secondary N) is 2. The average Bonchev–Trinajstić information content (AvgIpc) is 3.38. The first kappa shape index (κ1) is 23.5. The molecule has 0 aliphatic rings. The first-order valence-electron chi connectivity index (χ1n) is 10.2. The smallest absolute Gasteiger partial charge is 0.264 e. The lowest BCUT2D eigenvalue weighted by Crippen LogP contribution is -2.14. The van der Waals surface area contributed by atoms with Crippen molar-refractivity contribution in [3.8, 4) is 5.75 Å². The number of benzene rings is 2. The van der Waals surface area contributed by atoms with Gasteiger partial charge in [-0.3, -0.25) is 4.79 Å². The van der Waals surface area contributed by atoms with Gasteiger partial charge in [0.25, 0.3) is 15.9 Å². The Bertz CT molecular complexity index is 1410. The van der Waals surface area contributed by atoms with Crippen LogP contribution in [-0.2, 0) is 16.6 Å². The molecule has 0 atom stereocenters. The van der Waals surface area contributed by atoms with Gasteiger partial charge in [0.1, 0.15) is 12.4 Å². The summed E-state index contributed by atoms with van der Waals surface area (Å²) in [5, 5.41) is 9.41. The highest BCUT2D eigenvalue weighted by atomic mass is 32.2. The molecule has 1 amide bonds. The lowest BCUT2D eigenvalue weighted by Gasteiger charge is -2.09. The van der Waals surface area contributed by atoms with Crippen LogP contribution in [0.4, 0.5) is 11.6 Å². The van der Waals surface area contributed by atoms with Gasteiger partial charge in [0, 0.05) is 22.2 Å². The van der Waals surface area contributed by atoms with E-state index in [0.29, 0.717) is 34.9 Å². The zero-order valence-corrected chi connectivity index (χ0v) is 20.3. The van der Waals surface area contributed by atoms with Crippen molar-refractivity contribution < 1.29 is 22.5 Å². The normalized spacial score (nSPS) is 11.3. The van der Waals surface area contributed by atoms with E-state index in [4.69, 9.17) is 9.26 Å². The third-order valence-electron chi connectivity index (χ3n) is 4.98. The Labute approximate surface area is 200 Å². The molecule has 0 spiro atoms. The van der Waals surface area contributed by atoms with Gasteiger partial charge in [-0.05, 0) is 69.3 Å². The number of hydrogen-bond donors (Lipinski definition) is 2. The molecular weight excluding hydrogens is 476 g/mol. The molecule has 176 valence electrons. The molecule has 2 aromatic heterocycles. The van der Waals surface area contributed by atoms with Gasteiger partial charge in [-0.15, -0.1) is 11.3 Å². The number of rotatable bonds is 8. The lowest BCUT2D eigenvalue weighted by molar-refractivity contribution is 0.102. The van der Waals surface area contributed by atoms with E-state index in [2.05, 4.69) is 20.2 Å². The first-order valence-corrected chi connectivity index (χ1v) is 12.6. The van der Waals surface area contributed by atoms with Crippen LogP contribution >= 0.6 is 11.3 Å². The minimum atomic E-state index is -3.86. The van der Waals surface area contributed by atoms with Crippen LogP contribution in [0.15, 0.2) is 63.3 Å². The Morgan fingerprint density at radius 2 is 1.76 bits per heavy atom. The van der Waals surface area contributed by atoms with Gasteiger partial charge in [-0.25, -0.2) is 18.1 Å². The molecule has 2 N–H and O–H groups in total. The standard InChI is InChI=1S/C23H22N4O5S2/c1-14-15(2)26-32-23(14)27-34(29,30)21-10-6-18(7-11-21)25-22(28)17-4-8-20(9-5-17)31-12-19-13-33-16(3)24-19/h4-11,13,27H,12H2,1-3H3,(H,25,28). The summed E-state index contributed by atoms with van der Waals surface area (Å²) >= 11 is 1.56. The maximum Gasteiger partial charge on any atom is 0.264 e. The number of aryl methyl sites for hydroxylation is 2. The second-order valence-electron chi connectivity index (χ2n) is 7.48. The number of thiazole rings is 1. The number of nitrogens with zero attached hydrogens (tertiary/aromatic N) is 2. The number of carbonyl (C=O) groups excluding carboxylic acids is 1.